The molecule has 2 heterocycles. The van der Waals surface area contributed by atoms with Crippen LogP contribution in [0, 0.1) is 13.8 Å². The Kier molecular flexibility index (Phi) is 8.13. The van der Waals surface area contributed by atoms with Crippen molar-refractivity contribution in [3.05, 3.63) is 75.7 Å². The Morgan fingerprint density at radius 2 is 1.76 bits per heavy atom. The summed E-state index contributed by atoms with van der Waals surface area (Å²) in [5.74, 6) is 0.159. The minimum atomic E-state index is -3.78. The average Bonchev–Trinajstić information content (AvgIpc) is 3.51. The molecule has 1 atom stereocenters. The maximum atomic E-state index is 13.3. The van der Waals surface area contributed by atoms with Crippen molar-refractivity contribution in [1.29, 1.82) is 0 Å². The lowest BCUT2D eigenvalue weighted by molar-refractivity contribution is 0.0770. The van der Waals surface area contributed by atoms with Crippen LogP contribution in [-0.4, -0.2) is 70.4 Å². The molecule has 38 heavy (non-hydrogen) atoms. The number of ether oxygens (including phenoxy) is 2. The second-order valence-electron chi connectivity index (χ2n) is 9.62. The zero-order valence-electron chi connectivity index (χ0n) is 22.2. The monoisotopic (exact) mass is 556 g/mol. The summed E-state index contributed by atoms with van der Waals surface area (Å²) in [4.78, 5) is 29.0. The fraction of sp³-hybridized carbons (Fsp3) is 0.357. The number of aryl methyl sites for hydroxylation is 2. The van der Waals surface area contributed by atoms with Crippen molar-refractivity contribution in [2.24, 2.45) is 0 Å². The lowest BCUT2D eigenvalue weighted by Gasteiger charge is -2.19. The lowest BCUT2D eigenvalue weighted by atomic mass is 10.0. The highest BCUT2D eigenvalue weighted by atomic mass is 32.2. The molecule has 1 saturated heterocycles. The number of carbonyl (C=O) groups is 2. The summed E-state index contributed by atoms with van der Waals surface area (Å²) in [6.07, 6.45) is 0.501. The number of sulfone groups is 1. The normalized spacial score (nSPS) is 15.4. The fourth-order valence-corrected chi connectivity index (χ4v) is 7.58. The standard InChI is InChI=1S/C28H32N2O6S2/c1-18-8-6-9-19(2)25(18)27(32)30-13-12-22(16-30)36-21-11-7-10-20(14-21)17-38(33,34)28-23(35-5)15-24(37-28)26(31)29(3)4/h6-11,14-15,22H,12-13,16-17H2,1-5H3/t22-/m0/s1. The third-order valence-corrected chi connectivity index (χ3v) is 9.86. The molecule has 0 spiro atoms. The highest BCUT2D eigenvalue weighted by molar-refractivity contribution is 7.92. The Hall–Kier alpha value is -3.37. The van der Waals surface area contributed by atoms with Crippen LogP contribution in [0.2, 0.25) is 0 Å². The van der Waals surface area contributed by atoms with Gasteiger partial charge in [-0.05, 0) is 42.7 Å². The molecule has 10 heteroatoms. The number of methoxy groups -OCH3 is 1. The molecule has 2 amide bonds. The second-order valence-corrected chi connectivity index (χ2v) is 12.9. The van der Waals surface area contributed by atoms with Crippen molar-refractivity contribution in [1.82, 2.24) is 9.80 Å². The van der Waals surface area contributed by atoms with Gasteiger partial charge in [-0.3, -0.25) is 9.59 Å². The van der Waals surface area contributed by atoms with Crippen LogP contribution in [0.25, 0.3) is 0 Å². The van der Waals surface area contributed by atoms with E-state index in [1.807, 2.05) is 36.9 Å². The molecule has 0 unspecified atom stereocenters. The Morgan fingerprint density at radius 3 is 2.42 bits per heavy atom. The molecule has 4 rings (SSSR count). The van der Waals surface area contributed by atoms with E-state index in [4.69, 9.17) is 9.47 Å². The first-order chi connectivity index (χ1) is 18.0. The van der Waals surface area contributed by atoms with Crippen LogP contribution in [0.4, 0.5) is 0 Å². The average molecular weight is 557 g/mol. The lowest BCUT2D eigenvalue weighted by Crippen LogP contribution is -2.31. The molecule has 1 aliphatic heterocycles. The predicted molar refractivity (Wildman–Crippen MR) is 147 cm³/mol. The van der Waals surface area contributed by atoms with E-state index >= 15 is 0 Å². The van der Waals surface area contributed by atoms with Gasteiger partial charge in [-0.2, -0.15) is 0 Å². The molecule has 2 aromatic carbocycles. The summed E-state index contributed by atoms with van der Waals surface area (Å²) >= 11 is 0.907. The van der Waals surface area contributed by atoms with Crippen LogP contribution in [0.5, 0.6) is 11.5 Å². The molecular formula is C28H32N2O6S2. The van der Waals surface area contributed by atoms with Crippen molar-refractivity contribution >= 4 is 33.0 Å². The van der Waals surface area contributed by atoms with Gasteiger partial charge in [0.1, 0.15) is 17.6 Å². The van der Waals surface area contributed by atoms with E-state index in [1.54, 1.807) is 38.4 Å². The molecule has 1 aliphatic rings. The van der Waals surface area contributed by atoms with Crippen molar-refractivity contribution in [2.45, 2.75) is 36.3 Å². The Labute approximate surface area is 227 Å². The number of hydrogen-bond acceptors (Lipinski definition) is 7. The van der Waals surface area contributed by atoms with Gasteiger partial charge in [-0.1, -0.05) is 30.3 Å². The maximum absolute atomic E-state index is 13.3. The molecular weight excluding hydrogens is 524 g/mol. The number of thiophene rings is 1. The molecule has 3 aromatic rings. The summed E-state index contributed by atoms with van der Waals surface area (Å²) < 4.78 is 38.0. The number of nitrogens with zero attached hydrogens (tertiary/aromatic N) is 2. The van der Waals surface area contributed by atoms with E-state index in [0.29, 0.717) is 35.7 Å². The number of rotatable bonds is 8. The van der Waals surface area contributed by atoms with Crippen molar-refractivity contribution in [2.75, 3.05) is 34.3 Å². The second kappa shape index (κ2) is 11.2. The molecule has 0 bridgehead atoms. The minimum Gasteiger partial charge on any atom is -0.494 e. The molecule has 1 aromatic heterocycles. The Balaban J connectivity index is 1.45. The van der Waals surface area contributed by atoms with Crippen LogP contribution < -0.4 is 9.47 Å². The topological polar surface area (TPSA) is 93.2 Å². The van der Waals surface area contributed by atoms with Crippen molar-refractivity contribution < 1.29 is 27.5 Å². The zero-order chi connectivity index (χ0) is 27.6. The van der Waals surface area contributed by atoms with E-state index in [2.05, 4.69) is 0 Å². The van der Waals surface area contributed by atoms with E-state index < -0.39 is 9.84 Å². The van der Waals surface area contributed by atoms with Gasteiger partial charge in [0.15, 0.2) is 14.0 Å². The van der Waals surface area contributed by atoms with Crippen LogP contribution >= 0.6 is 11.3 Å². The summed E-state index contributed by atoms with van der Waals surface area (Å²) in [6, 6.07) is 14.3. The van der Waals surface area contributed by atoms with Crippen LogP contribution in [0.3, 0.4) is 0 Å². The number of benzene rings is 2. The first kappa shape index (κ1) is 27.7. The van der Waals surface area contributed by atoms with Gasteiger partial charge in [0.25, 0.3) is 11.8 Å². The smallest absolute Gasteiger partial charge is 0.263 e. The van der Waals surface area contributed by atoms with Gasteiger partial charge in [0.05, 0.1) is 24.3 Å². The zero-order valence-corrected chi connectivity index (χ0v) is 23.8. The summed E-state index contributed by atoms with van der Waals surface area (Å²) in [5.41, 5.74) is 3.20. The van der Waals surface area contributed by atoms with Gasteiger partial charge in [-0.15, -0.1) is 11.3 Å². The van der Waals surface area contributed by atoms with Gasteiger partial charge >= 0.3 is 0 Å². The molecule has 202 valence electrons. The fourth-order valence-electron chi connectivity index (χ4n) is 4.55. The molecule has 0 saturated carbocycles. The van der Waals surface area contributed by atoms with Gasteiger partial charge < -0.3 is 19.3 Å². The molecule has 8 nitrogen and oxygen atoms in total. The Morgan fingerprint density at radius 1 is 1.08 bits per heavy atom. The predicted octanol–water partition coefficient (Wildman–Crippen LogP) is 4.34. The van der Waals surface area contributed by atoms with Crippen LogP contribution in [0.1, 0.15) is 43.1 Å². The highest BCUT2D eigenvalue weighted by Gasteiger charge is 2.30. The van der Waals surface area contributed by atoms with Crippen molar-refractivity contribution in [3.63, 3.8) is 0 Å². The molecule has 1 fully saturated rings. The third-order valence-electron chi connectivity index (χ3n) is 6.47. The molecule has 0 aliphatic carbocycles. The van der Waals surface area contributed by atoms with E-state index in [0.717, 1.165) is 28.0 Å². The maximum Gasteiger partial charge on any atom is 0.263 e. The minimum absolute atomic E-state index is 0.00329. The van der Waals surface area contributed by atoms with E-state index in [-0.39, 0.29) is 33.6 Å². The number of hydrogen-bond donors (Lipinski definition) is 0. The highest BCUT2D eigenvalue weighted by Crippen LogP contribution is 2.36. The largest absolute Gasteiger partial charge is 0.494 e. The number of amides is 2. The van der Waals surface area contributed by atoms with E-state index in [9.17, 15) is 18.0 Å². The van der Waals surface area contributed by atoms with Gasteiger partial charge in [-0.25, -0.2) is 8.42 Å². The van der Waals surface area contributed by atoms with Gasteiger partial charge in [0, 0.05) is 38.7 Å². The summed E-state index contributed by atoms with van der Waals surface area (Å²) in [7, 11) is 0.819. The van der Waals surface area contributed by atoms with Crippen molar-refractivity contribution in [3.8, 4) is 11.5 Å². The van der Waals surface area contributed by atoms with E-state index in [1.165, 1.54) is 18.1 Å². The molecule has 0 radical (unpaired) electrons. The van der Waals surface area contributed by atoms with Crippen LogP contribution in [0.15, 0.2) is 52.7 Å². The quantitative estimate of drug-likeness (QED) is 0.410. The number of likely N-dealkylation sites (tertiary alicyclic amines) is 1. The SMILES string of the molecule is COc1cc(C(=O)N(C)C)sc1S(=O)(=O)Cc1cccc(O[C@H]2CCN(C(=O)c3c(C)cccc3C)C2)c1. The molecule has 0 N–H and O–H groups in total. The summed E-state index contributed by atoms with van der Waals surface area (Å²) in [6.45, 7) is 4.94. The first-order valence-electron chi connectivity index (χ1n) is 12.2. The van der Waals surface area contributed by atoms with Gasteiger partial charge in [0.2, 0.25) is 0 Å². The number of carbonyl (C=O) groups excluding carboxylic acids is 2. The van der Waals surface area contributed by atoms with Crippen LogP contribution in [-0.2, 0) is 15.6 Å². The Bertz CT molecular complexity index is 1440. The third kappa shape index (κ3) is 5.86. The summed E-state index contributed by atoms with van der Waals surface area (Å²) in [5, 5.41) is 0. The first-order valence-corrected chi connectivity index (χ1v) is 14.7.